The first-order valence-corrected chi connectivity index (χ1v) is 11.0. The van der Waals surface area contributed by atoms with Crippen molar-refractivity contribution in [1.82, 2.24) is 15.5 Å². The summed E-state index contributed by atoms with van der Waals surface area (Å²) < 4.78 is 0. The fourth-order valence-electron chi connectivity index (χ4n) is 4.98. The highest BCUT2D eigenvalue weighted by molar-refractivity contribution is 6.30. The summed E-state index contributed by atoms with van der Waals surface area (Å²) in [6.07, 6.45) is 8.95. The minimum Gasteiger partial charge on any atom is -0.357 e. The summed E-state index contributed by atoms with van der Waals surface area (Å²) in [5.41, 5.74) is 1.53. The maximum Gasteiger partial charge on any atom is 0.191 e. The Morgan fingerprint density at radius 1 is 1.26 bits per heavy atom. The van der Waals surface area contributed by atoms with Gasteiger partial charge in [-0.15, -0.1) is 0 Å². The van der Waals surface area contributed by atoms with Gasteiger partial charge in [-0.1, -0.05) is 30.2 Å². The van der Waals surface area contributed by atoms with Crippen molar-refractivity contribution in [1.29, 1.82) is 0 Å². The number of guanidine groups is 1. The Balaban J connectivity index is 1.42. The largest absolute Gasteiger partial charge is 0.357 e. The summed E-state index contributed by atoms with van der Waals surface area (Å²) in [5, 5.41) is 8.05. The Morgan fingerprint density at radius 3 is 2.63 bits per heavy atom. The number of hydrogen-bond donors (Lipinski definition) is 2. The van der Waals surface area contributed by atoms with Crippen LogP contribution < -0.4 is 10.6 Å². The number of nitrogens with zero attached hydrogens (tertiary/aromatic N) is 2. The molecule has 1 aliphatic carbocycles. The quantitative estimate of drug-likeness (QED) is 0.592. The van der Waals surface area contributed by atoms with Crippen LogP contribution in [0.5, 0.6) is 0 Å². The molecule has 1 aromatic rings. The van der Waals surface area contributed by atoms with Crippen LogP contribution in [0.15, 0.2) is 29.3 Å². The maximum atomic E-state index is 6.21. The Bertz CT molecular complexity index is 671. The molecular formula is C22H33ClN4. The Morgan fingerprint density at radius 2 is 2.00 bits per heavy atom. The highest BCUT2D eigenvalue weighted by Gasteiger charge is 2.44. The lowest BCUT2D eigenvalue weighted by atomic mass is 9.82. The van der Waals surface area contributed by atoms with Crippen LogP contribution in [0, 0.1) is 0 Å². The third-order valence-corrected chi connectivity index (χ3v) is 7.09. The molecule has 1 saturated carbocycles. The van der Waals surface area contributed by atoms with Gasteiger partial charge in [0, 0.05) is 35.1 Å². The number of hydrogen-bond acceptors (Lipinski definition) is 2. The standard InChI is InChI=1S/C22H33ClN4/c1-3-24-21(26-18-13-19-8-5-9-20(14-18)27(19)2)25-15-22(10-11-22)16-6-4-7-17(23)12-16/h4,6-7,12,18-20H,3,5,8-11,13-15H2,1-2H3,(H2,24,25,26). The molecule has 27 heavy (non-hydrogen) atoms. The average Bonchev–Trinajstić information content (AvgIpc) is 3.42. The van der Waals surface area contributed by atoms with Crippen molar-refractivity contribution in [2.75, 3.05) is 20.1 Å². The fraction of sp³-hybridized carbons (Fsp3) is 0.682. The van der Waals surface area contributed by atoms with Crippen molar-refractivity contribution in [3.63, 3.8) is 0 Å². The molecule has 148 valence electrons. The molecule has 2 unspecified atom stereocenters. The molecule has 4 rings (SSSR count). The van der Waals surface area contributed by atoms with E-state index in [1.54, 1.807) is 0 Å². The van der Waals surface area contributed by atoms with Gasteiger partial charge in [0.1, 0.15) is 0 Å². The van der Waals surface area contributed by atoms with Crippen molar-refractivity contribution in [2.45, 2.75) is 75.4 Å². The highest BCUT2D eigenvalue weighted by Crippen LogP contribution is 2.48. The molecule has 1 aromatic carbocycles. The topological polar surface area (TPSA) is 39.7 Å². The second-order valence-corrected chi connectivity index (χ2v) is 9.14. The predicted molar refractivity (Wildman–Crippen MR) is 114 cm³/mol. The molecule has 4 nitrogen and oxygen atoms in total. The van der Waals surface area contributed by atoms with E-state index in [1.807, 2.05) is 6.07 Å². The Labute approximate surface area is 168 Å². The van der Waals surface area contributed by atoms with Crippen LogP contribution in [0.4, 0.5) is 0 Å². The molecule has 2 N–H and O–H groups in total. The zero-order chi connectivity index (χ0) is 18.9. The van der Waals surface area contributed by atoms with Gasteiger partial charge in [0.2, 0.25) is 0 Å². The zero-order valence-electron chi connectivity index (χ0n) is 16.7. The van der Waals surface area contributed by atoms with Gasteiger partial charge in [0.05, 0.1) is 6.54 Å². The van der Waals surface area contributed by atoms with Crippen molar-refractivity contribution in [3.05, 3.63) is 34.9 Å². The summed E-state index contributed by atoms with van der Waals surface area (Å²) in [4.78, 5) is 7.61. The average molecular weight is 389 g/mol. The lowest BCUT2D eigenvalue weighted by Crippen LogP contribution is -2.56. The van der Waals surface area contributed by atoms with Crippen LogP contribution >= 0.6 is 11.6 Å². The van der Waals surface area contributed by atoms with E-state index in [0.717, 1.165) is 36.2 Å². The van der Waals surface area contributed by atoms with Gasteiger partial charge in [-0.2, -0.15) is 0 Å². The summed E-state index contributed by atoms with van der Waals surface area (Å²) in [5.74, 6) is 0.985. The minimum absolute atomic E-state index is 0.191. The molecule has 2 saturated heterocycles. The van der Waals surface area contributed by atoms with Gasteiger partial charge < -0.3 is 15.5 Å². The number of piperidine rings is 2. The number of nitrogens with one attached hydrogen (secondary N) is 2. The van der Waals surface area contributed by atoms with Gasteiger partial charge in [-0.05, 0) is 70.2 Å². The monoisotopic (exact) mass is 388 g/mol. The lowest BCUT2D eigenvalue weighted by Gasteiger charge is -2.47. The van der Waals surface area contributed by atoms with Crippen molar-refractivity contribution in [3.8, 4) is 0 Å². The molecule has 2 atom stereocenters. The van der Waals surface area contributed by atoms with E-state index in [9.17, 15) is 0 Å². The van der Waals surface area contributed by atoms with Crippen LogP contribution in [0.2, 0.25) is 5.02 Å². The minimum atomic E-state index is 0.191. The Hall–Kier alpha value is -1.26. The highest BCUT2D eigenvalue weighted by atomic mass is 35.5. The van der Waals surface area contributed by atoms with Crippen LogP contribution in [-0.4, -0.2) is 49.1 Å². The molecule has 2 bridgehead atoms. The van der Waals surface area contributed by atoms with Gasteiger partial charge in [0.15, 0.2) is 5.96 Å². The van der Waals surface area contributed by atoms with Crippen molar-refractivity contribution < 1.29 is 0 Å². The van der Waals surface area contributed by atoms with E-state index >= 15 is 0 Å². The van der Waals surface area contributed by atoms with Crippen molar-refractivity contribution in [2.24, 2.45) is 4.99 Å². The molecule has 3 fully saturated rings. The zero-order valence-corrected chi connectivity index (χ0v) is 17.4. The summed E-state index contributed by atoms with van der Waals surface area (Å²) in [7, 11) is 2.31. The normalized spacial score (nSPS) is 30.0. The summed E-state index contributed by atoms with van der Waals surface area (Å²) in [6.45, 7) is 3.88. The molecule has 3 aliphatic rings. The maximum absolute atomic E-state index is 6.21. The molecule has 0 spiro atoms. The smallest absolute Gasteiger partial charge is 0.191 e. The van der Waals surface area contributed by atoms with Crippen LogP contribution in [0.3, 0.4) is 0 Å². The fourth-order valence-corrected chi connectivity index (χ4v) is 5.18. The number of halogens is 1. The molecular weight excluding hydrogens is 356 g/mol. The van der Waals surface area contributed by atoms with Crippen molar-refractivity contribution >= 4 is 17.6 Å². The summed E-state index contributed by atoms with van der Waals surface area (Å²) >= 11 is 6.21. The van der Waals surface area contributed by atoms with E-state index < -0.39 is 0 Å². The molecule has 0 amide bonds. The van der Waals surface area contributed by atoms with Gasteiger partial charge in [-0.3, -0.25) is 4.99 Å². The molecule has 5 heteroatoms. The van der Waals surface area contributed by atoms with Gasteiger partial charge >= 0.3 is 0 Å². The number of aliphatic imine (C=N–C) groups is 1. The first kappa shape index (κ1) is 19.1. The first-order chi connectivity index (χ1) is 13.1. The molecule has 2 aliphatic heterocycles. The van der Waals surface area contributed by atoms with Gasteiger partial charge in [0.25, 0.3) is 0 Å². The van der Waals surface area contributed by atoms with E-state index in [1.165, 1.54) is 50.5 Å². The van der Waals surface area contributed by atoms with Crippen LogP contribution in [0.25, 0.3) is 0 Å². The second-order valence-electron chi connectivity index (χ2n) is 8.70. The molecule has 2 heterocycles. The molecule has 0 aromatic heterocycles. The number of rotatable bonds is 5. The van der Waals surface area contributed by atoms with Gasteiger partial charge in [-0.25, -0.2) is 0 Å². The predicted octanol–water partition coefficient (Wildman–Crippen LogP) is 3.94. The van der Waals surface area contributed by atoms with E-state index in [0.29, 0.717) is 6.04 Å². The lowest BCUT2D eigenvalue weighted by molar-refractivity contribution is 0.0526. The van der Waals surface area contributed by atoms with E-state index in [4.69, 9.17) is 16.6 Å². The SMILES string of the molecule is CCNC(=NCC1(c2cccc(Cl)c2)CC1)NC1CC2CCCC(C1)N2C. The third-order valence-electron chi connectivity index (χ3n) is 6.86. The summed E-state index contributed by atoms with van der Waals surface area (Å²) in [6, 6.07) is 10.3. The molecule has 0 radical (unpaired) electrons. The number of fused-ring (bicyclic) bond motifs is 2. The second kappa shape index (κ2) is 8.00. The Kier molecular flexibility index (Phi) is 5.65. The first-order valence-electron chi connectivity index (χ1n) is 10.6. The van der Waals surface area contributed by atoms with Crippen LogP contribution in [-0.2, 0) is 5.41 Å². The number of benzene rings is 1. The van der Waals surface area contributed by atoms with E-state index in [2.05, 4.69) is 47.7 Å². The van der Waals surface area contributed by atoms with E-state index in [-0.39, 0.29) is 5.41 Å². The third kappa shape index (κ3) is 4.27. The van der Waals surface area contributed by atoms with Crippen LogP contribution in [0.1, 0.15) is 57.4 Å².